The van der Waals surface area contributed by atoms with Gasteiger partial charge in [-0.15, -0.1) is 0 Å². The third kappa shape index (κ3) is 2.83. The largest absolute Gasteiger partial charge is 0.280 e. The molecule has 4 heteroatoms. The van der Waals surface area contributed by atoms with E-state index in [1.165, 1.54) is 0 Å². The number of fused-ring (bicyclic) bond motifs is 1. The Morgan fingerprint density at radius 1 is 1.09 bits per heavy atom. The van der Waals surface area contributed by atoms with E-state index in [9.17, 15) is 0 Å². The average molecular weight is 327 g/mol. The van der Waals surface area contributed by atoms with Crippen LogP contribution in [-0.2, 0) is 0 Å². The van der Waals surface area contributed by atoms with E-state index in [-0.39, 0.29) is 0 Å². The van der Waals surface area contributed by atoms with Gasteiger partial charge in [0.25, 0.3) is 0 Å². The highest BCUT2D eigenvalue weighted by molar-refractivity contribution is 8.12. The van der Waals surface area contributed by atoms with E-state index in [2.05, 4.69) is 12.4 Å². The van der Waals surface area contributed by atoms with Crippen molar-refractivity contribution in [1.29, 1.82) is 0 Å². The van der Waals surface area contributed by atoms with E-state index in [1.807, 2.05) is 48.5 Å². The number of nitrogens with two attached hydrogens (primary N) is 1. The second-order valence-electron chi connectivity index (χ2n) is 4.92. The van der Waals surface area contributed by atoms with Gasteiger partial charge in [0, 0.05) is 15.8 Å². The first-order valence-electron chi connectivity index (χ1n) is 6.70. The summed E-state index contributed by atoms with van der Waals surface area (Å²) >= 11 is 6.39. The van der Waals surface area contributed by atoms with Gasteiger partial charge in [-0.25, -0.2) is 4.98 Å². The first kappa shape index (κ1) is 15.0. The van der Waals surface area contributed by atoms with Gasteiger partial charge in [0.1, 0.15) is 0 Å². The normalized spacial score (nSPS) is 12.3. The van der Waals surface area contributed by atoms with Gasteiger partial charge in [-0.2, -0.15) is 0 Å². The minimum absolute atomic E-state index is 0.482. The van der Waals surface area contributed by atoms with Crippen molar-refractivity contribution < 1.29 is 0 Å². The zero-order valence-electron chi connectivity index (χ0n) is 11.9. The van der Waals surface area contributed by atoms with E-state index >= 15 is 0 Å². The Morgan fingerprint density at radius 3 is 2.45 bits per heavy atom. The Labute approximate surface area is 137 Å². The number of rotatable bonds is 3. The summed E-state index contributed by atoms with van der Waals surface area (Å²) in [4.78, 5) is 5.73. The number of benzene rings is 2. The molecule has 0 saturated heterocycles. The van der Waals surface area contributed by atoms with Gasteiger partial charge in [-0.1, -0.05) is 65.1 Å². The summed E-state index contributed by atoms with van der Waals surface area (Å²) in [6, 6.07) is 15.8. The molecular formula is C18H15ClN2S. The van der Waals surface area contributed by atoms with E-state index in [4.69, 9.17) is 21.7 Å². The van der Waals surface area contributed by atoms with Gasteiger partial charge >= 0.3 is 0 Å². The van der Waals surface area contributed by atoms with Crippen LogP contribution in [0.1, 0.15) is 5.56 Å². The quantitative estimate of drug-likeness (QED) is 0.677. The molecule has 0 aliphatic rings. The van der Waals surface area contributed by atoms with Crippen molar-refractivity contribution in [1.82, 2.24) is 4.98 Å². The molecule has 0 amide bonds. The summed E-state index contributed by atoms with van der Waals surface area (Å²) in [5.41, 5.74) is 3.72. The number of hydrogen-bond donors (Lipinski definition) is 1. The van der Waals surface area contributed by atoms with Gasteiger partial charge in [0.2, 0.25) is 0 Å². The predicted octanol–water partition coefficient (Wildman–Crippen LogP) is 5.13. The van der Waals surface area contributed by atoms with E-state index < -0.39 is 10.7 Å². The topological polar surface area (TPSA) is 38.9 Å². The smallest absolute Gasteiger partial charge is 0.0730 e. The molecule has 0 fully saturated rings. The van der Waals surface area contributed by atoms with Gasteiger partial charge in [-0.3, -0.25) is 5.14 Å². The maximum atomic E-state index is 6.39. The lowest BCUT2D eigenvalue weighted by Gasteiger charge is -2.08. The van der Waals surface area contributed by atoms with Crippen molar-refractivity contribution in [2.24, 2.45) is 5.14 Å². The Balaban J connectivity index is 2.14. The number of nitrogens with zero attached hydrogens (tertiary/aromatic N) is 1. The monoisotopic (exact) mass is 326 g/mol. The molecule has 110 valence electrons. The van der Waals surface area contributed by atoms with Gasteiger partial charge in [0.05, 0.1) is 16.2 Å². The molecule has 0 spiro atoms. The molecule has 2 N–H and O–H groups in total. The van der Waals surface area contributed by atoms with E-state index in [0.29, 0.717) is 5.02 Å². The molecule has 2 nitrogen and oxygen atoms in total. The van der Waals surface area contributed by atoms with Crippen molar-refractivity contribution >= 4 is 45.1 Å². The third-order valence-electron chi connectivity index (χ3n) is 3.47. The van der Waals surface area contributed by atoms with Crippen molar-refractivity contribution in [2.75, 3.05) is 0 Å². The maximum absolute atomic E-state index is 6.39. The number of hydrogen-bond acceptors (Lipinski definition) is 2. The van der Waals surface area contributed by atoms with Crippen molar-refractivity contribution in [3.8, 4) is 11.3 Å². The zero-order chi connectivity index (χ0) is 15.7. The lowest BCUT2D eigenvalue weighted by atomic mass is 10.1. The predicted molar refractivity (Wildman–Crippen MR) is 99.4 cm³/mol. The molecule has 0 aliphatic carbocycles. The maximum Gasteiger partial charge on any atom is 0.0730 e. The van der Waals surface area contributed by atoms with Crippen LogP contribution in [0.5, 0.6) is 0 Å². The average Bonchev–Trinajstić information content (AvgIpc) is 2.54. The van der Waals surface area contributed by atoms with Crippen LogP contribution in [0.15, 0.2) is 60.0 Å². The summed E-state index contributed by atoms with van der Waals surface area (Å²) in [6.07, 6.45) is 1.80. The standard InChI is InChI=1S/C18H15ClN2S/c1-3-12-4-9-15-16(19)11-17(21-18(15)10-12)13-5-7-14(8-6-13)22(2)20/h3-11H,1-2,20H2. The van der Waals surface area contributed by atoms with Gasteiger partial charge < -0.3 is 0 Å². The van der Waals surface area contributed by atoms with Crippen molar-refractivity contribution in [3.05, 3.63) is 65.7 Å². The highest BCUT2D eigenvalue weighted by Crippen LogP contribution is 2.30. The molecule has 2 aromatic carbocycles. The third-order valence-corrected chi connectivity index (χ3v) is 4.66. The van der Waals surface area contributed by atoms with Crippen molar-refractivity contribution in [3.63, 3.8) is 0 Å². The molecule has 3 aromatic rings. The fourth-order valence-corrected chi connectivity index (χ4v) is 3.03. The van der Waals surface area contributed by atoms with Gasteiger partial charge in [0.15, 0.2) is 0 Å². The fraction of sp³-hybridized carbons (Fsp3) is 0. The molecular weight excluding hydrogens is 312 g/mol. The summed E-state index contributed by atoms with van der Waals surface area (Å²) in [5, 5.41) is 7.43. The Bertz CT molecular complexity index is 885. The van der Waals surface area contributed by atoms with E-state index in [0.717, 1.165) is 32.6 Å². The minimum atomic E-state index is -0.482. The molecule has 22 heavy (non-hydrogen) atoms. The number of aromatic nitrogens is 1. The SMILES string of the molecule is C=Cc1ccc2c(Cl)cc(-c3ccc(S(=C)N)cc3)nc2c1. The van der Waals surface area contributed by atoms with Crippen LogP contribution in [0, 0.1) is 0 Å². The molecule has 0 radical (unpaired) electrons. The van der Waals surface area contributed by atoms with Crippen LogP contribution in [0.3, 0.4) is 0 Å². The van der Waals surface area contributed by atoms with Crippen molar-refractivity contribution in [2.45, 2.75) is 4.90 Å². The first-order chi connectivity index (χ1) is 10.6. The first-order valence-corrected chi connectivity index (χ1v) is 8.53. The Kier molecular flexibility index (Phi) is 4.12. The molecule has 1 heterocycles. The van der Waals surface area contributed by atoms with Crippen LogP contribution in [0.2, 0.25) is 5.02 Å². The number of halogens is 1. The zero-order valence-corrected chi connectivity index (χ0v) is 13.5. The lowest BCUT2D eigenvalue weighted by Crippen LogP contribution is -1.89. The molecule has 1 unspecified atom stereocenters. The second kappa shape index (κ2) is 6.05. The van der Waals surface area contributed by atoms with E-state index in [1.54, 1.807) is 6.08 Å². The molecule has 3 rings (SSSR count). The van der Waals surface area contributed by atoms with Crippen LogP contribution in [0.25, 0.3) is 28.2 Å². The summed E-state index contributed by atoms with van der Waals surface area (Å²) in [7, 11) is -0.482. The van der Waals surface area contributed by atoms with Crippen LogP contribution in [-0.4, -0.2) is 10.9 Å². The second-order valence-corrected chi connectivity index (χ2v) is 6.66. The molecule has 1 aromatic heterocycles. The lowest BCUT2D eigenvalue weighted by molar-refractivity contribution is 1.37. The van der Waals surface area contributed by atoms with Crippen LogP contribution < -0.4 is 5.14 Å². The molecule has 0 saturated carbocycles. The number of pyridine rings is 1. The highest BCUT2D eigenvalue weighted by atomic mass is 35.5. The Morgan fingerprint density at radius 2 is 1.82 bits per heavy atom. The van der Waals surface area contributed by atoms with Gasteiger partial charge in [-0.05, 0) is 29.8 Å². The summed E-state index contributed by atoms with van der Waals surface area (Å²) in [6.45, 7) is 3.79. The highest BCUT2D eigenvalue weighted by Gasteiger charge is 2.07. The summed E-state index contributed by atoms with van der Waals surface area (Å²) < 4.78 is 0. The molecule has 0 bridgehead atoms. The summed E-state index contributed by atoms with van der Waals surface area (Å²) in [5.74, 6) is 3.84. The van der Waals surface area contributed by atoms with Crippen LogP contribution >= 0.6 is 22.3 Å². The van der Waals surface area contributed by atoms with Crippen LogP contribution in [0.4, 0.5) is 0 Å². The molecule has 1 atom stereocenters. The Hall–Kier alpha value is -1.94. The fourth-order valence-electron chi connectivity index (χ4n) is 2.28. The minimum Gasteiger partial charge on any atom is -0.280 e. The molecule has 0 aliphatic heterocycles.